The highest BCUT2D eigenvalue weighted by Crippen LogP contribution is 2.38. The maximum absolute atomic E-state index is 13.1. The van der Waals surface area contributed by atoms with Crippen LogP contribution in [0.5, 0.6) is 0 Å². The number of anilines is 1. The minimum absolute atomic E-state index is 0.0429. The fraction of sp³-hybridized carbons (Fsp3) is 0.615. The third-order valence-corrected chi connectivity index (χ3v) is 4.81. The van der Waals surface area contributed by atoms with Gasteiger partial charge in [0.05, 0.1) is 5.56 Å². The largest absolute Gasteiger partial charge is 0.419 e. The molecule has 0 saturated carbocycles. The molecule has 2 rings (SSSR count). The van der Waals surface area contributed by atoms with E-state index in [9.17, 15) is 13.2 Å². The number of aromatic nitrogens is 1. The summed E-state index contributed by atoms with van der Waals surface area (Å²) in [7, 11) is 0. The van der Waals surface area contributed by atoms with E-state index in [2.05, 4.69) is 43.8 Å². The van der Waals surface area contributed by atoms with Crippen LogP contribution in [0.15, 0.2) is 16.7 Å². The summed E-state index contributed by atoms with van der Waals surface area (Å²) in [6.45, 7) is 3.30. The fourth-order valence-electron chi connectivity index (χ4n) is 2.46. The first-order chi connectivity index (χ1) is 9.29. The highest BCUT2D eigenvalue weighted by molar-refractivity contribution is 9.10. The molecule has 1 aromatic rings. The van der Waals surface area contributed by atoms with Crippen LogP contribution in [0.1, 0.15) is 25.3 Å². The highest BCUT2D eigenvalue weighted by atomic mass is 79.9. The van der Waals surface area contributed by atoms with Crippen molar-refractivity contribution >= 4 is 37.7 Å². The Balaban J connectivity index is 2.22. The van der Waals surface area contributed by atoms with E-state index in [1.54, 1.807) is 4.90 Å². The quantitative estimate of drug-likeness (QED) is 0.641. The summed E-state index contributed by atoms with van der Waals surface area (Å²) in [5.74, 6) is 0.553. The lowest BCUT2D eigenvalue weighted by molar-refractivity contribution is -0.137. The highest BCUT2D eigenvalue weighted by Gasteiger charge is 2.37. The molecule has 0 radical (unpaired) electrons. The Morgan fingerprint density at radius 3 is 2.45 bits per heavy atom. The summed E-state index contributed by atoms with van der Waals surface area (Å²) >= 11 is 6.60. The SMILES string of the molecule is CC(Br)C1CCN(c2ncc(Br)cc2C(F)(F)F)CC1. The molecule has 7 heteroatoms. The van der Waals surface area contributed by atoms with Gasteiger partial charge in [-0.25, -0.2) is 4.98 Å². The lowest BCUT2D eigenvalue weighted by atomic mass is 9.94. The smallest absolute Gasteiger partial charge is 0.356 e. The molecule has 0 aliphatic carbocycles. The maximum Gasteiger partial charge on any atom is 0.419 e. The van der Waals surface area contributed by atoms with Gasteiger partial charge in [-0.1, -0.05) is 22.9 Å². The fourth-order valence-corrected chi connectivity index (χ4v) is 3.32. The molecule has 0 N–H and O–H groups in total. The first-order valence-electron chi connectivity index (χ1n) is 6.41. The van der Waals surface area contributed by atoms with Crippen LogP contribution in [0.2, 0.25) is 0 Å². The molecule has 20 heavy (non-hydrogen) atoms. The minimum Gasteiger partial charge on any atom is -0.356 e. The number of pyridine rings is 1. The summed E-state index contributed by atoms with van der Waals surface area (Å²) in [6.07, 6.45) is -1.21. The third kappa shape index (κ3) is 3.67. The second-order valence-electron chi connectivity index (χ2n) is 5.02. The predicted molar refractivity (Wildman–Crippen MR) is 80.3 cm³/mol. The number of hydrogen-bond donors (Lipinski definition) is 0. The molecule has 1 unspecified atom stereocenters. The van der Waals surface area contributed by atoms with Crippen LogP contribution in [0.4, 0.5) is 19.0 Å². The van der Waals surface area contributed by atoms with Crippen molar-refractivity contribution in [3.05, 3.63) is 22.3 Å². The summed E-state index contributed by atoms with van der Waals surface area (Å²) in [5.41, 5.74) is -0.669. The normalized spacial score (nSPS) is 19.2. The summed E-state index contributed by atoms with van der Waals surface area (Å²) < 4.78 is 39.6. The molecule has 0 aromatic carbocycles. The Hall–Kier alpha value is -0.300. The van der Waals surface area contributed by atoms with Crippen molar-refractivity contribution in [2.24, 2.45) is 5.92 Å². The van der Waals surface area contributed by atoms with Crippen LogP contribution in [-0.4, -0.2) is 22.9 Å². The van der Waals surface area contributed by atoms with Gasteiger partial charge >= 0.3 is 6.18 Å². The molecule has 1 atom stereocenters. The molecule has 1 fully saturated rings. The van der Waals surface area contributed by atoms with E-state index >= 15 is 0 Å². The lowest BCUT2D eigenvalue weighted by Crippen LogP contribution is -2.37. The van der Waals surface area contributed by atoms with Gasteiger partial charge in [0.15, 0.2) is 0 Å². The summed E-state index contributed by atoms with van der Waals surface area (Å²) in [4.78, 5) is 6.12. The Kier molecular flexibility index (Phi) is 5.00. The Morgan fingerprint density at radius 1 is 1.35 bits per heavy atom. The van der Waals surface area contributed by atoms with Gasteiger partial charge in [0, 0.05) is 28.6 Å². The monoisotopic (exact) mass is 414 g/mol. The van der Waals surface area contributed by atoms with Gasteiger partial charge in [0.1, 0.15) is 5.82 Å². The summed E-state index contributed by atoms with van der Waals surface area (Å²) in [5, 5.41) is 0. The third-order valence-electron chi connectivity index (χ3n) is 3.63. The van der Waals surface area contributed by atoms with Crippen LogP contribution in [0.3, 0.4) is 0 Å². The number of rotatable bonds is 2. The van der Waals surface area contributed by atoms with E-state index in [4.69, 9.17) is 0 Å². The lowest BCUT2D eigenvalue weighted by Gasteiger charge is -2.35. The first kappa shape index (κ1) is 16.1. The topological polar surface area (TPSA) is 16.1 Å². The molecular formula is C13H15Br2F3N2. The number of nitrogens with zero attached hydrogens (tertiary/aromatic N) is 2. The van der Waals surface area contributed by atoms with E-state index in [0.29, 0.717) is 28.3 Å². The van der Waals surface area contributed by atoms with E-state index < -0.39 is 11.7 Å². The minimum atomic E-state index is -4.38. The molecule has 2 heterocycles. The zero-order valence-electron chi connectivity index (χ0n) is 10.9. The van der Waals surface area contributed by atoms with Crippen molar-refractivity contribution in [3.8, 4) is 0 Å². The number of hydrogen-bond acceptors (Lipinski definition) is 2. The number of piperidine rings is 1. The molecule has 1 aromatic heterocycles. The van der Waals surface area contributed by atoms with Gasteiger partial charge in [-0.05, 0) is 40.8 Å². The molecule has 0 spiro atoms. The van der Waals surface area contributed by atoms with E-state index in [1.807, 2.05) is 0 Å². The van der Waals surface area contributed by atoms with Gasteiger partial charge in [-0.15, -0.1) is 0 Å². The van der Waals surface area contributed by atoms with Crippen LogP contribution in [0, 0.1) is 5.92 Å². The first-order valence-corrected chi connectivity index (χ1v) is 8.11. The van der Waals surface area contributed by atoms with Gasteiger partial charge in [-0.2, -0.15) is 13.2 Å². The van der Waals surface area contributed by atoms with Crippen molar-refractivity contribution in [2.45, 2.75) is 30.8 Å². The molecule has 1 saturated heterocycles. The molecule has 112 valence electrons. The molecular weight excluding hydrogens is 401 g/mol. The van der Waals surface area contributed by atoms with Gasteiger partial charge < -0.3 is 4.90 Å². The Labute approximate surface area is 133 Å². The van der Waals surface area contributed by atoms with Crippen molar-refractivity contribution in [2.75, 3.05) is 18.0 Å². The molecule has 1 aliphatic rings. The van der Waals surface area contributed by atoms with E-state index in [1.165, 1.54) is 6.20 Å². The average Bonchev–Trinajstić information content (AvgIpc) is 2.38. The van der Waals surface area contributed by atoms with Gasteiger partial charge in [0.2, 0.25) is 0 Å². The van der Waals surface area contributed by atoms with Crippen molar-refractivity contribution < 1.29 is 13.2 Å². The molecule has 0 amide bonds. The second kappa shape index (κ2) is 6.22. The van der Waals surface area contributed by atoms with Crippen LogP contribution < -0.4 is 4.90 Å². The second-order valence-corrected chi connectivity index (χ2v) is 7.38. The molecule has 1 aliphatic heterocycles. The van der Waals surface area contributed by atoms with Crippen molar-refractivity contribution in [3.63, 3.8) is 0 Å². The van der Waals surface area contributed by atoms with Gasteiger partial charge in [-0.3, -0.25) is 0 Å². The van der Waals surface area contributed by atoms with Gasteiger partial charge in [0.25, 0.3) is 0 Å². The standard InChI is InChI=1S/C13H15Br2F3N2/c1-8(14)9-2-4-20(5-3-9)12-11(13(16,17)18)6-10(15)7-19-12/h6-9H,2-5H2,1H3. The van der Waals surface area contributed by atoms with Crippen LogP contribution in [-0.2, 0) is 6.18 Å². The van der Waals surface area contributed by atoms with Crippen LogP contribution >= 0.6 is 31.9 Å². The Bertz CT molecular complexity index is 469. The molecule has 0 bridgehead atoms. The number of halogens is 5. The predicted octanol–water partition coefficient (Wildman–Crippen LogP) is 4.86. The zero-order valence-corrected chi connectivity index (χ0v) is 14.1. The van der Waals surface area contributed by atoms with Crippen molar-refractivity contribution in [1.29, 1.82) is 0 Å². The van der Waals surface area contributed by atoms with E-state index in [0.717, 1.165) is 18.9 Å². The van der Waals surface area contributed by atoms with E-state index in [-0.39, 0.29) is 5.82 Å². The maximum atomic E-state index is 13.1. The summed E-state index contributed by atoms with van der Waals surface area (Å²) in [6, 6.07) is 1.10. The Morgan fingerprint density at radius 2 is 1.95 bits per heavy atom. The van der Waals surface area contributed by atoms with Crippen molar-refractivity contribution in [1.82, 2.24) is 4.98 Å². The zero-order chi connectivity index (χ0) is 14.9. The molecule has 2 nitrogen and oxygen atoms in total. The average molecular weight is 416 g/mol. The van der Waals surface area contributed by atoms with Crippen LogP contribution in [0.25, 0.3) is 0 Å². The number of alkyl halides is 4.